The molecule has 0 unspecified atom stereocenters. The van der Waals surface area contributed by atoms with Gasteiger partial charge in [-0.1, -0.05) is 23.7 Å². The second-order valence-electron chi connectivity index (χ2n) is 6.23. The van der Waals surface area contributed by atoms with Crippen LogP contribution in [-0.4, -0.2) is 50.2 Å². The van der Waals surface area contributed by atoms with Gasteiger partial charge < -0.3 is 24.4 Å². The highest BCUT2D eigenvalue weighted by Crippen LogP contribution is 2.28. The van der Waals surface area contributed by atoms with E-state index in [1.807, 2.05) is 24.3 Å². The topological polar surface area (TPSA) is 77.1 Å². The van der Waals surface area contributed by atoms with Crippen molar-refractivity contribution in [1.29, 1.82) is 0 Å². The van der Waals surface area contributed by atoms with E-state index in [0.717, 1.165) is 11.3 Å². The van der Waals surface area contributed by atoms with Gasteiger partial charge in [-0.15, -0.1) is 0 Å². The summed E-state index contributed by atoms with van der Waals surface area (Å²) in [5.41, 5.74) is 1.32. The molecule has 8 heteroatoms. The van der Waals surface area contributed by atoms with Crippen molar-refractivity contribution in [2.24, 2.45) is 0 Å². The minimum atomic E-state index is -0.771. The van der Waals surface area contributed by atoms with Crippen LogP contribution in [0.5, 0.6) is 11.5 Å². The molecule has 2 aromatic carbocycles. The van der Waals surface area contributed by atoms with Crippen molar-refractivity contribution in [3.8, 4) is 11.5 Å². The smallest absolute Gasteiger partial charge is 0.249 e. The van der Waals surface area contributed by atoms with E-state index in [0.29, 0.717) is 16.5 Å². The van der Waals surface area contributed by atoms with Gasteiger partial charge in [0.05, 0.1) is 26.5 Å². The van der Waals surface area contributed by atoms with E-state index in [4.69, 9.17) is 25.8 Å². The first-order chi connectivity index (χ1) is 13.5. The maximum atomic E-state index is 12.9. The molecular weight excluding hydrogens is 384 g/mol. The summed E-state index contributed by atoms with van der Waals surface area (Å²) in [6, 6.07) is 11.5. The normalized spacial score (nSPS) is 16.6. The number of ether oxygens (including phenoxy) is 3. The highest BCUT2D eigenvalue weighted by atomic mass is 35.5. The molecule has 1 atom stereocenters. The van der Waals surface area contributed by atoms with E-state index in [9.17, 15) is 9.59 Å². The number of hydrogen-bond acceptors (Lipinski definition) is 5. The Labute approximate surface area is 168 Å². The molecule has 1 aliphatic heterocycles. The lowest BCUT2D eigenvalue weighted by molar-refractivity contribution is -0.154. The van der Waals surface area contributed by atoms with Gasteiger partial charge in [0.15, 0.2) is 0 Å². The molecule has 0 aromatic heterocycles. The van der Waals surface area contributed by atoms with Gasteiger partial charge in [-0.05, 0) is 35.9 Å². The molecule has 0 bridgehead atoms. The van der Waals surface area contributed by atoms with Gasteiger partial charge in [-0.25, -0.2) is 0 Å². The Hall–Kier alpha value is -2.77. The number of nitrogens with zero attached hydrogens (tertiary/aromatic N) is 1. The lowest BCUT2D eigenvalue weighted by Crippen LogP contribution is -2.54. The van der Waals surface area contributed by atoms with Gasteiger partial charge >= 0.3 is 0 Å². The molecule has 1 aliphatic rings. The summed E-state index contributed by atoms with van der Waals surface area (Å²) < 4.78 is 15.7. The number of benzene rings is 2. The Morgan fingerprint density at radius 2 is 1.96 bits per heavy atom. The van der Waals surface area contributed by atoms with E-state index in [2.05, 4.69) is 5.32 Å². The third kappa shape index (κ3) is 4.55. The SMILES string of the molecule is COc1ccc(CN2C(=O)COC[C@H]2C(=O)Nc2cc(Cl)ccc2OC)cc1. The highest BCUT2D eigenvalue weighted by molar-refractivity contribution is 6.31. The quantitative estimate of drug-likeness (QED) is 0.801. The number of anilines is 1. The summed E-state index contributed by atoms with van der Waals surface area (Å²) in [6.07, 6.45) is 0. The van der Waals surface area contributed by atoms with Crippen LogP contribution in [0.2, 0.25) is 5.02 Å². The van der Waals surface area contributed by atoms with Crippen LogP contribution in [0.4, 0.5) is 5.69 Å². The van der Waals surface area contributed by atoms with Gasteiger partial charge in [-0.3, -0.25) is 9.59 Å². The lowest BCUT2D eigenvalue weighted by Gasteiger charge is -2.34. The molecule has 2 aromatic rings. The number of halogens is 1. The summed E-state index contributed by atoms with van der Waals surface area (Å²) in [4.78, 5) is 26.8. The monoisotopic (exact) mass is 404 g/mol. The molecule has 148 valence electrons. The van der Waals surface area contributed by atoms with Crippen LogP contribution >= 0.6 is 11.6 Å². The summed E-state index contributed by atoms with van der Waals surface area (Å²) in [7, 11) is 3.09. The van der Waals surface area contributed by atoms with E-state index < -0.39 is 6.04 Å². The van der Waals surface area contributed by atoms with Crippen LogP contribution in [-0.2, 0) is 20.9 Å². The predicted molar refractivity (Wildman–Crippen MR) is 105 cm³/mol. The molecule has 0 radical (unpaired) electrons. The van der Waals surface area contributed by atoms with Gasteiger partial charge in [-0.2, -0.15) is 0 Å². The molecule has 0 aliphatic carbocycles. The van der Waals surface area contributed by atoms with Crippen molar-refractivity contribution < 1.29 is 23.8 Å². The van der Waals surface area contributed by atoms with E-state index in [1.54, 1.807) is 25.3 Å². The molecule has 0 spiro atoms. The predicted octanol–water partition coefficient (Wildman–Crippen LogP) is 2.72. The Morgan fingerprint density at radius 3 is 2.64 bits per heavy atom. The van der Waals surface area contributed by atoms with Crippen LogP contribution in [0.15, 0.2) is 42.5 Å². The van der Waals surface area contributed by atoms with Gasteiger partial charge in [0.25, 0.3) is 0 Å². The second kappa shape index (κ2) is 8.95. The number of carbonyl (C=O) groups is 2. The van der Waals surface area contributed by atoms with E-state index >= 15 is 0 Å². The first kappa shape index (κ1) is 20.0. The average Bonchev–Trinajstić information content (AvgIpc) is 2.70. The van der Waals surface area contributed by atoms with Crippen molar-refractivity contribution in [3.05, 3.63) is 53.1 Å². The molecular formula is C20H21ClN2O5. The average molecular weight is 405 g/mol. The zero-order chi connectivity index (χ0) is 20.1. The molecule has 1 fully saturated rings. The van der Waals surface area contributed by atoms with Gasteiger partial charge in [0, 0.05) is 11.6 Å². The fourth-order valence-electron chi connectivity index (χ4n) is 2.94. The molecule has 7 nitrogen and oxygen atoms in total. The van der Waals surface area contributed by atoms with Crippen LogP contribution in [0.25, 0.3) is 0 Å². The molecule has 2 amide bonds. The van der Waals surface area contributed by atoms with Crippen molar-refractivity contribution in [3.63, 3.8) is 0 Å². The Bertz CT molecular complexity index is 856. The molecule has 28 heavy (non-hydrogen) atoms. The summed E-state index contributed by atoms with van der Waals surface area (Å²) >= 11 is 6.02. The van der Waals surface area contributed by atoms with E-state index in [1.165, 1.54) is 12.0 Å². The third-order valence-corrected chi connectivity index (χ3v) is 4.67. The van der Waals surface area contributed by atoms with Crippen molar-refractivity contribution in [2.75, 3.05) is 32.8 Å². The standard InChI is InChI=1S/C20H21ClN2O5/c1-26-15-6-3-13(4-7-15)10-23-17(11-28-12-19(23)24)20(25)22-16-9-14(21)5-8-18(16)27-2/h3-9,17H,10-12H2,1-2H3,(H,22,25)/t17-/m0/s1. The zero-order valence-corrected chi connectivity index (χ0v) is 16.4. The number of amides is 2. The summed E-state index contributed by atoms with van der Waals surface area (Å²) in [5, 5.41) is 3.24. The summed E-state index contributed by atoms with van der Waals surface area (Å²) in [6.45, 7) is 0.341. The fraction of sp³-hybridized carbons (Fsp3) is 0.300. The zero-order valence-electron chi connectivity index (χ0n) is 15.6. The number of morpholine rings is 1. The Morgan fingerprint density at radius 1 is 1.21 bits per heavy atom. The molecule has 0 saturated carbocycles. The summed E-state index contributed by atoms with van der Waals surface area (Å²) in [5.74, 6) is 0.573. The third-order valence-electron chi connectivity index (χ3n) is 4.43. The Balaban J connectivity index is 1.78. The van der Waals surface area contributed by atoms with Crippen LogP contribution in [0.3, 0.4) is 0 Å². The lowest BCUT2D eigenvalue weighted by atomic mass is 10.1. The van der Waals surface area contributed by atoms with E-state index in [-0.39, 0.29) is 31.6 Å². The first-order valence-corrected chi connectivity index (χ1v) is 9.04. The molecule has 1 N–H and O–H groups in total. The number of methoxy groups -OCH3 is 2. The number of hydrogen-bond donors (Lipinski definition) is 1. The Kier molecular flexibility index (Phi) is 6.38. The largest absolute Gasteiger partial charge is 0.497 e. The minimum absolute atomic E-state index is 0.0551. The maximum Gasteiger partial charge on any atom is 0.249 e. The van der Waals surface area contributed by atoms with Gasteiger partial charge in [0.2, 0.25) is 11.8 Å². The maximum absolute atomic E-state index is 12.9. The number of rotatable bonds is 6. The van der Waals surface area contributed by atoms with Gasteiger partial charge in [0.1, 0.15) is 24.1 Å². The van der Waals surface area contributed by atoms with Crippen molar-refractivity contribution in [2.45, 2.75) is 12.6 Å². The van der Waals surface area contributed by atoms with Crippen molar-refractivity contribution in [1.82, 2.24) is 4.90 Å². The van der Waals surface area contributed by atoms with Crippen molar-refractivity contribution >= 4 is 29.1 Å². The van der Waals surface area contributed by atoms with Crippen LogP contribution < -0.4 is 14.8 Å². The molecule has 1 saturated heterocycles. The van der Waals surface area contributed by atoms with Crippen LogP contribution in [0, 0.1) is 0 Å². The molecule has 1 heterocycles. The number of carbonyl (C=O) groups excluding carboxylic acids is 2. The number of nitrogens with one attached hydrogen (secondary N) is 1. The fourth-order valence-corrected chi connectivity index (χ4v) is 3.11. The first-order valence-electron chi connectivity index (χ1n) is 8.66. The van der Waals surface area contributed by atoms with Crippen LogP contribution in [0.1, 0.15) is 5.56 Å². The highest BCUT2D eigenvalue weighted by Gasteiger charge is 2.34. The minimum Gasteiger partial charge on any atom is -0.497 e. The molecule has 3 rings (SSSR count). The second-order valence-corrected chi connectivity index (χ2v) is 6.67.